The van der Waals surface area contributed by atoms with Gasteiger partial charge in [0, 0.05) is 0 Å². The number of rotatable bonds is 1. The lowest BCUT2D eigenvalue weighted by molar-refractivity contribution is 0.111. The van der Waals surface area contributed by atoms with E-state index in [2.05, 4.69) is 15.1 Å². The molecule has 0 N–H and O–H groups in total. The molecule has 0 aliphatic rings. The fraction of sp³-hybridized carbons (Fsp3) is 0. The molecule has 0 spiro atoms. The van der Waals surface area contributed by atoms with Crippen LogP contribution in [-0.2, 0) is 0 Å². The molecule has 2 aromatic heterocycles. The third kappa shape index (κ3) is 0.868. The molecule has 0 unspecified atom stereocenters. The lowest BCUT2D eigenvalue weighted by Crippen LogP contribution is -1.91. The number of carbonyl (C=O) groups is 1. The first-order valence-corrected chi connectivity index (χ1v) is 3.51. The van der Waals surface area contributed by atoms with Crippen molar-refractivity contribution in [3.05, 3.63) is 23.2 Å². The molecule has 0 aliphatic carbocycles. The quantitative estimate of drug-likeness (QED) is 0.606. The van der Waals surface area contributed by atoms with Crippen molar-refractivity contribution in [2.75, 3.05) is 0 Å². The second-order valence-corrected chi connectivity index (χ2v) is 2.42. The Morgan fingerprint density at radius 1 is 1.50 bits per heavy atom. The normalized spacial score (nSPS) is 10.4. The molecule has 0 saturated heterocycles. The highest BCUT2D eigenvalue weighted by molar-refractivity contribution is 6.31. The van der Waals surface area contributed by atoms with E-state index in [1.54, 1.807) is 0 Å². The number of aldehydes is 1. The van der Waals surface area contributed by atoms with Gasteiger partial charge in [-0.1, -0.05) is 11.6 Å². The topological polar surface area (TPSA) is 60.2 Å². The fourth-order valence-corrected chi connectivity index (χ4v) is 1.06. The van der Waals surface area contributed by atoms with E-state index < -0.39 is 0 Å². The van der Waals surface area contributed by atoms with Gasteiger partial charge in [0.2, 0.25) is 0 Å². The smallest absolute Gasteiger partial charge is 0.252 e. The van der Waals surface area contributed by atoms with Crippen LogP contribution >= 0.6 is 11.6 Å². The Morgan fingerprint density at radius 3 is 3.00 bits per heavy atom. The first-order valence-electron chi connectivity index (χ1n) is 3.13. The van der Waals surface area contributed by atoms with Gasteiger partial charge < -0.3 is 0 Å². The second-order valence-electron chi connectivity index (χ2n) is 2.06. The Bertz CT molecular complexity index is 438. The standard InChI is InChI=1S/C6H3ClN4O/c7-5-4(3-12)10-6-8-1-2-9-11(5)6/h1-3H. The zero-order valence-electron chi connectivity index (χ0n) is 5.81. The summed E-state index contributed by atoms with van der Waals surface area (Å²) >= 11 is 5.72. The molecule has 2 aromatic rings. The zero-order valence-corrected chi connectivity index (χ0v) is 6.56. The average Bonchev–Trinajstić information content (AvgIpc) is 2.44. The lowest BCUT2D eigenvalue weighted by atomic mass is 10.5. The first-order chi connectivity index (χ1) is 5.83. The van der Waals surface area contributed by atoms with Crippen molar-refractivity contribution in [3.63, 3.8) is 0 Å². The summed E-state index contributed by atoms with van der Waals surface area (Å²) < 4.78 is 1.30. The van der Waals surface area contributed by atoms with E-state index in [0.717, 1.165) is 0 Å². The molecule has 0 fully saturated rings. The van der Waals surface area contributed by atoms with Crippen molar-refractivity contribution in [3.8, 4) is 0 Å². The Labute approximate surface area is 72.0 Å². The Balaban J connectivity index is 2.87. The predicted molar refractivity (Wildman–Crippen MR) is 41.2 cm³/mol. The van der Waals surface area contributed by atoms with Crippen molar-refractivity contribution in [2.45, 2.75) is 0 Å². The Hall–Kier alpha value is -1.49. The molecule has 2 heterocycles. The fourth-order valence-electron chi connectivity index (χ4n) is 0.855. The van der Waals surface area contributed by atoms with Crippen LogP contribution in [0.25, 0.3) is 5.78 Å². The van der Waals surface area contributed by atoms with E-state index in [1.807, 2.05) is 0 Å². The lowest BCUT2D eigenvalue weighted by Gasteiger charge is -1.88. The Morgan fingerprint density at radius 2 is 2.33 bits per heavy atom. The molecular formula is C6H3ClN4O. The van der Waals surface area contributed by atoms with Crippen molar-refractivity contribution < 1.29 is 4.79 Å². The molecule has 0 atom stereocenters. The number of halogens is 1. The number of imidazole rings is 1. The van der Waals surface area contributed by atoms with Gasteiger partial charge in [-0.3, -0.25) is 4.79 Å². The number of hydrogen-bond acceptors (Lipinski definition) is 4. The average molecular weight is 183 g/mol. The molecule has 0 amide bonds. The minimum Gasteiger partial charge on any atom is -0.296 e. The monoisotopic (exact) mass is 182 g/mol. The van der Waals surface area contributed by atoms with E-state index in [-0.39, 0.29) is 10.8 Å². The summed E-state index contributed by atoms with van der Waals surface area (Å²) in [6.45, 7) is 0. The van der Waals surface area contributed by atoms with Gasteiger partial charge in [-0.05, 0) is 0 Å². The molecule has 60 valence electrons. The van der Waals surface area contributed by atoms with Gasteiger partial charge in [-0.25, -0.2) is 9.97 Å². The molecule has 5 nitrogen and oxygen atoms in total. The van der Waals surface area contributed by atoms with Crippen LogP contribution in [0.4, 0.5) is 0 Å². The highest BCUT2D eigenvalue weighted by atomic mass is 35.5. The maximum atomic E-state index is 10.4. The van der Waals surface area contributed by atoms with Crippen LogP contribution in [-0.4, -0.2) is 25.9 Å². The third-order valence-electron chi connectivity index (χ3n) is 1.36. The number of nitrogens with zero attached hydrogens (tertiary/aromatic N) is 4. The van der Waals surface area contributed by atoms with Crippen LogP contribution in [0.3, 0.4) is 0 Å². The van der Waals surface area contributed by atoms with Crippen molar-refractivity contribution in [2.24, 2.45) is 0 Å². The summed E-state index contributed by atoms with van der Waals surface area (Å²) in [5.41, 5.74) is 0.155. The van der Waals surface area contributed by atoms with Crippen LogP contribution in [0.2, 0.25) is 5.15 Å². The number of hydrogen-bond donors (Lipinski definition) is 0. The first kappa shape index (κ1) is 7.17. The van der Waals surface area contributed by atoms with E-state index in [0.29, 0.717) is 12.1 Å². The third-order valence-corrected chi connectivity index (χ3v) is 1.71. The number of carbonyl (C=O) groups excluding carboxylic acids is 1. The molecule has 0 aliphatic heterocycles. The zero-order chi connectivity index (χ0) is 8.55. The van der Waals surface area contributed by atoms with Crippen LogP contribution in [0.5, 0.6) is 0 Å². The van der Waals surface area contributed by atoms with E-state index in [1.165, 1.54) is 16.9 Å². The highest BCUT2D eigenvalue weighted by Crippen LogP contribution is 2.12. The Kier molecular flexibility index (Phi) is 1.51. The summed E-state index contributed by atoms with van der Waals surface area (Å²) in [4.78, 5) is 18.1. The molecule has 0 radical (unpaired) electrons. The van der Waals surface area contributed by atoms with E-state index in [4.69, 9.17) is 11.6 Å². The van der Waals surface area contributed by atoms with Gasteiger partial charge >= 0.3 is 0 Å². The summed E-state index contributed by atoms with van der Waals surface area (Å²) in [6, 6.07) is 0. The minimum absolute atomic E-state index is 0.155. The molecule has 2 rings (SSSR count). The van der Waals surface area contributed by atoms with Crippen LogP contribution in [0, 0.1) is 0 Å². The van der Waals surface area contributed by atoms with Gasteiger partial charge in [-0.15, -0.1) is 0 Å². The van der Waals surface area contributed by atoms with Gasteiger partial charge in [0.1, 0.15) is 5.69 Å². The maximum absolute atomic E-state index is 10.4. The highest BCUT2D eigenvalue weighted by Gasteiger charge is 2.09. The molecule has 0 saturated carbocycles. The molecule has 12 heavy (non-hydrogen) atoms. The van der Waals surface area contributed by atoms with Crippen LogP contribution in [0.15, 0.2) is 12.4 Å². The maximum Gasteiger partial charge on any atom is 0.252 e. The van der Waals surface area contributed by atoms with Crippen LogP contribution < -0.4 is 0 Å². The van der Waals surface area contributed by atoms with Crippen molar-refractivity contribution in [1.82, 2.24) is 19.6 Å². The summed E-state index contributed by atoms with van der Waals surface area (Å²) in [7, 11) is 0. The molecule has 0 bridgehead atoms. The summed E-state index contributed by atoms with van der Waals surface area (Å²) in [6.07, 6.45) is 3.51. The SMILES string of the molecule is O=Cc1nc2nccnn2c1Cl. The van der Waals surface area contributed by atoms with E-state index in [9.17, 15) is 4.79 Å². The molecule has 6 heteroatoms. The second kappa shape index (κ2) is 2.53. The summed E-state index contributed by atoms with van der Waals surface area (Å²) in [5.74, 6) is 0.324. The number of aromatic nitrogens is 4. The summed E-state index contributed by atoms with van der Waals surface area (Å²) in [5, 5.41) is 4.04. The van der Waals surface area contributed by atoms with Gasteiger partial charge in [0.15, 0.2) is 11.4 Å². The van der Waals surface area contributed by atoms with Gasteiger partial charge in [0.25, 0.3) is 5.78 Å². The largest absolute Gasteiger partial charge is 0.296 e. The minimum atomic E-state index is 0.155. The van der Waals surface area contributed by atoms with Crippen molar-refractivity contribution >= 4 is 23.7 Å². The van der Waals surface area contributed by atoms with Gasteiger partial charge in [0.05, 0.1) is 12.4 Å². The molecule has 0 aromatic carbocycles. The van der Waals surface area contributed by atoms with Crippen LogP contribution in [0.1, 0.15) is 10.5 Å². The number of fused-ring (bicyclic) bond motifs is 1. The molecular weight excluding hydrogens is 180 g/mol. The predicted octanol–water partition coefficient (Wildman–Crippen LogP) is 0.590. The van der Waals surface area contributed by atoms with Crippen molar-refractivity contribution in [1.29, 1.82) is 0 Å². The van der Waals surface area contributed by atoms with Gasteiger partial charge in [-0.2, -0.15) is 9.61 Å². The van der Waals surface area contributed by atoms with E-state index >= 15 is 0 Å².